The second kappa shape index (κ2) is 6.88. The number of aryl methyl sites for hydroxylation is 3. The highest BCUT2D eigenvalue weighted by Gasteiger charge is 2.33. The van der Waals surface area contributed by atoms with Crippen molar-refractivity contribution in [1.82, 2.24) is 4.90 Å². The van der Waals surface area contributed by atoms with Crippen LogP contribution >= 0.6 is 0 Å². The third-order valence-corrected chi connectivity index (χ3v) is 4.46. The first kappa shape index (κ1) is 16.4. The van der Waals surface area contributed by atoms with Gasteiger partial charge in [-0.2, -0.15) is 0 Å². The van der Waals surface area contributed by atoms with Gasteiger partial charge in [0.25, 0.3) is 0 Å². The molecule has 0 radical (unpaired) electrons. The van der Waals surface area contributed by atoms with Gasteiger partial charge >= 0.3 is 0 Å². The predicted octanol–water partition coefficient (Wildman–Crippen LogP) is 1.96. The molecule has 3 unspecified atom stereocenters. The SMILES string of the molecule is COC1CN(CC(N)c2c(C)cc(C)cc2C)CC1OC. The number of ether oxygens (including phenoxy) is 2. The fourth-order valence-electron chi connectivity index (χ4n) is 3.57. The molecule has 1 aliphatic rings. The van der Waals surface area contributed by atoms with E-state index in [9.17, 15) is 0 Å². The molecule has 21 heavy (non-hydrogen) atoms. The van der Waals surface area contributed by atoms with E-state index in [1.54, 1.807) is 14.2 Å². The minimum atomic E-state index is 0.0266. The van der Waals surface area contributed by atoms with Gasteiger partial charge in [-0.05, 0) is 37.5 Å². The molecule has 4 heteroatoms. The Bertz CT molecular complexity index is 455. The van der Waals surface area contributed by atoms with Crippen LogP contribution in [0.1, 0.15) is 28.3 Å². The molecule has 1 saturated heterocycles. The lowest BCUT2D eigenvalue weighted by molar-refractivity contribution is -0.00461. The van der Waals surface area contributed by atoms with E-state index < -0.39 is 0 Å². The van der Waals surface area contributed by atoms with Crippen LogP contribution in [0.2, 0.25) is 0 Å². The summed E-state index contributed by atoms with van der Waals surface area (Å²) in [6.45, 7) is 9.02. The van der Waals surface area contributed by atoms with Crippen molar-refractivity contribution >= 4 is 0 Å². The minimum absolute atomic E-state index is 0.0266. The molecule has 0 amide bonds. The normalized spacial score (nSPS) is 24.5. The van der Waals surface area contributed by atoms with Gasteiger partial charge in [0, 0.05) is 39.9 Å². The van der Waals surface area contributed by atoms with Gasteiger partial charge in [-0.1, -0.05) is 17.7 Å². The lowest BCUT2D eigenvalue weighted by Gasteiger charge is -2.24. The summed E-state index contributed by atoms with van der Waals surface area (Å²) < 4.78 is 11.0. The fourth-order valence-corrected chi connectivity index (χ4v) is 3.57. The molecule has 0 aromatic heterocycles. The van der Waals surface area contributed by atoms with Crippen molar-refractivity contribution in [2.24, 2.45) is 5.73 Å². The first-order valence-corrected chi connectivity index (χ1v) is 7.57. The number of nitrogens with two attached hydrogens (primary N) is 1. The standard InChI is InChI=1S/C17H28N2O2/c1-11-6-12(2)17(13(3)7-11)14(18)8-19-9-15(20-4)16(10-19)21-5/h6-7,14-16H,8-10,18H2,1-5H3. The summed E-state index contributed by atoms with van der Waals surface area (Å²) in [5.41, 5.74) is 11.6. The lowest BCUT2D eigenvalue weighted by Crippen LogP contribution is -2.32. The molecule has 0 bridgehead atoms. The Kier molecular flexibility index (Phi) is 5.38. The van der Waals surface area contributed by atoms with Gasteiger partial charge < -0.3 is 15.2 Å². The van der Waals surface area contributed by atoms with E-state index in [0.717, 1.165) is 19.6 Å². The molecular weight excluding hydrogens is 264 g/mol. The topological polar surface area (TPSA) is 47.7 Å². The summed E-state index contributed by atoms with van der Waals surface area (Å²) in [4.78, 5) is 2.34. The maximum atomic E-state index is 6.48. The summed E-state index contributed by atoms with van der Waals surface area (Å²) in [6, 6.07) is 4.45. The van der Waals surface area contributed by atoms with E-state index in [1.807, 2.05) is 0 Å². The van der Waals surface area contributed by atoms with Crippen molar-refractivity contribution in [3.8, 4) is 0 Å². The number of methoxy groups -OCH3 is 2. The highest BCUT2D eigenvalue weighted by molar-refractivity contribution is 5.39. The van der Waals surface area contributed by atoms with Gasteiger partial charge in [-0.15, -0.1) is 0 Å². The highest BCUT2D eigenvalue weighted by Crippen LogP contribution is 2.25. The van der Waals surface area contributed by atoms with E-state index in [-0.39, 0.29) is 18.2 Å². The van der Waals surface area contributed by atoms with E-state index in [1.165, 1.54) is 22.3 Å². The third-order valence-electron chi connectivity index (χ3n) is 4.46. The van der Waals surface area contributed by atoms with E-state index >= 15 is 0 Å². The second-order valence-corrected chi connectivity index (χ2v) is 6.19. The summed E-state index contributed by atoms with van der Waals surface area (Å²) >= 11 is 0. The van der Waals surface area contributed by atoms with Crippen molar-refractivity contribution in [1.29, 1.82) is 0 Å². The molecule has 1 aromatic rings. The van der Waals surface area contributed by atoms with Crippen LogP contribution in [0.3, 0.4) is 0 Å². The number of benzene rings is 1. The quantitative estimate of drug-likeness (QED) is 0.901. The number of nitrogens with zero attached hydrogens (tertiary/aromatic N) is 1. The van der Waals surface area contributed by atoms with Crippen molar-refractivity contribution in [2.45, 2.75) is 39.0 Å². The zero-order valence-electron chi connectivity index (χ0n) is 13.8. The van der Waals surface area contributed by atoms with Gasteiger partial charge in [-0.25, -0.2) is 0 Å². The van der Waals surface area contributed by atoms with Crippen LogP contribution in [0.25, 0.3) is 0 Å². The zero-order valence-corrected chi connectivity index (χ0v) is 13.8. The summed E-state index contributed by atoms with van der Waals surface area (Å²) in [5, 5.41) is 0. The smallest absolute Gasteiger partial charge is 0.0971 e. The highest BCUT2D eigenvalue weighted by atomic mass is 16.5. The molecule has 2 N–H and O–H groups in total. The third kappa shape index (κ3) is 3.64. The van der Waals surface area contributed by atoms with E-state index in [4.69, 9.17) is 15.2 Å². The molecule has 1 heterocycles. The Morgan fingerprint density at radius 1 is 1.10 bits per heavy atom. The Labute approximate surface area is 128 Å². The van der Waals surface area contributed by atoms with Crippen LogP contribution in [0.5, 0.6) is 0 Å². The van der Waals surface area contributed by atoms with Gasteiger partial charge in [0.2, 0.25) is 0 Å². The molecule has 4 nitrogen and oxygen atoms in total. The summed E-state index contributed by atoms with van der Waals surface area (Å²) in [7, 11) is 3.49. The van der Waals surface area contributed by atoms with Crippen molar-refractivity contribution in [3.05, 3.63) is 34.4 Å². The van der Waals surface area contributed by atoms with Crippen LogP contribution in [0.4, 0.5) is 0 Å². The summed E-state index contributed by atoms with van der Waals surface area (Å²) in [5.74, 6) is 0. The molecule has 3 atom stereocenters. The molecule has 0 spiro atoms. The van der Waals surface area contributed by atoms with Crippen LogP contribution in [-0.2, 0) is 9.47 Å². The predicted molar refractivity (Wildman–Crippen MR) is 85.6 cm³/mol. The van der Waals surface area contributed by atoms with Crippen LogP contribution in [-0.4, -0.2) is 51.0 Å². The Hall–Kier alpha value is -0.940. The Morgan fingerprint density at radius 2 is 1.57 bits per heavy atom. The molecular formula is C17H28N2O2. The maximum absolute atomic E-state index is 6.48. The van der Waals surface area contributed by atoms with Crippen molar-refractivity contribution in [3.63, 3.8) is 0 Å². The van der Waals surface area contributed by atoms with Gasteiger partial charge in [0.15, 0.2) is 0 Å². The van der Waals surface area contributed by atoms with Gasteiger partial charge in [0.05, 0.1) is 12.2 Å². The average molecular weight is 292 g/mol. The summed E-state index contributed by atoms with van der Waals surface area (Å²) in [6.07, 6.45) is 0.282. The number of rotatable bonds is 5. The van der Waals surface area contributed by atoms with Crippen molar-refractivity contribution in [2.75, 3.05) is 33.9 Å². The number of hydrogen-bond acceptors (Lipinski definition) is 4. The van der Waals surface area contributed by atoms with Gasteiger partial charge in [0.1, 0.15) is 0 Å². The first-order valence-electron chi connectivity index (χ1n) is 7.57. The molecule has 118 valence electrons. The van der Waals surface area contributed by atoms with Crippen LogP contribution < -0.4 is 5.73 Å². The molecule has 0 saturated carbocycles. The molecule has 1 aromatic carbocycles. The molecule has 1 fully saturated rings. The second-order valence-electron chi connectivity index (χ2n) is 6.19. The Balaban J connectivity index is 2.07. The molecule has 1 aliphatic heterocycles. The number of hydrogen-bond donors (Lipinski definition) is 1. The van der Waals surface area contributed by atoms with Crippen molar-refractivity contribution < 1.29 is 9.47 Å². The van der Waals surface area contributed by atoms with Crippen LogP contribution in [0, 0.1) is 20.8 Å². The van der Waals surface area contributed by atoms with E-state index in [0.29, 0.717) is 0 Å². The maximum Gasteiger partial charge on any atom is 0.0971 e. The molecule has 0 aliphatic carbocycles. The molecule has 2 rings (SSSR count). The largest absolute Gasteiger partial charge is 0.377 e. The minimum Gasteiger partial charge on any atom is -0.377 e. The Morgan fingerprint density at radius 3 is 2.00 bits per heavy atom. The fraction of sp³-hybridized carbons (Fsp3) is 0.647. The monoisotopic (exact) mass is 292 g/mol. The zero-order chi connectivity index (χ0) is 15.6. The number of likely N-dealkylation sites (tertiary alicyclic amines) is 1. The average Bonchev–Trinajstić information content (AvgIpc) is 2.79. The van der Waals surface area contributed by atoms with Gasteiger partial charge in [-0.3, -0.25) is 4.90 Å². The van der Waals surface area contributed by atoms with E-state index in [2.05, 4.69) is 37.8 Å². The first-order chi connectivity index (χ1) is 9.96. The lowest BCUT2D eigenvalue weighted by atomic mass is 9.94. The van der Waals surface area contributed by atoms with Crippen LogP contribution in [0.15, 0.2) is 12.1 Å².